The van der Waals surface area contributed by atoms with Crippen LogP contribution >= 0.6 is 0 Å². The Morgan fingerprint density at radius 3 is 2.26 bits per heavy atom. The summed E-state index contributed by atoms with van der Waals surface area (Å²) in [5.41, 5.74) is 3.51. The zero-order valence-electron chi connectivity index (χ0n) is 13.0. The van der Waals surface area contributed by atoms with Gasteiger partial charge >= 0.3 is 0 Å². The summed E-state index contributed by atoms with van der Waals surface area (Å²) in [4.78, 5) is 9.12. The molecule has 1 unspecified atom stereocenters. The lowest BCUT2D eigenvalue weighted by atomic mass is 9.95. The van der Waals surface area contributed by atoms with Gasteiger partial charge in [0.25, 0.3) is 0 Å². The summed E-state index contributed by atoms with van der Waals surface area (Å²) in [5, 5.41) is 3.40. The number of nitrogens with two attached hydrogens (primary N) is 1. The minimum absolute atomic E-state index is 0.105. The van der Waals surface area contributed by atoms with Gasteiger partial charge in [0.2, 0.25) is 0 Å². The molecule has 0 aliphatic carbocycles. The first-order chi connectivity index (χ1) is 8.79. The lowest BCUT2D eigenvalue weighted by molar-refractivity contribution is 0.544. The number of hydrogen-bond acceptors (Lipinski definition) is 5. The van der Waals surface area contributed by atoms with Crippen LogP contribution in [-0.4, -0.2) is 16.5 Å². The first-order valence-corrected chi connectivity index (χ1v) is 6.89. The Kier molecular flexibility index (Phi) is 5.11. The quantitative estimate of drug-likeness (QED) is 0.564. The fourth-order valence-corrected chi connectivity index (χ4v) is 1.58. The highest BCUT2D eigenvalue weighted by molar-refractivity contribution is 5.57. The third-order valence-corrected chi connectivity index (χ3v) is 3.27. The highest BCUT2D eigenvalue weighted by Gasteiger charge is 2.21. The molecule has 5 heteroatoms. The SMILES string of the molecule is CCC(C)CNc1nc(C(C)(C)C)nc(NN)c1C. The molecule has 5 nitrogen and oxygen atoms in total. The average molecular weight is 265 g/mol. The van der Waals surface area contributed by atoms with Crippen molar-refractivity contribution in [2.45, 2.75) is 53.4 Å². The second-order valence-corrected chi connectivity index (χ2v) is 6.16. The van der Waals surface area contributed by atoms with Gasteiger partial charge in [0.05, 0.1) is 0 Å². The smallest absolute Gasteiger partial charge is 0.148 e. The van der Waals surface area contributed by atoms with E-state index in [1.807, 2.05) is 6.92 Å². The maximum Gasteiger partial charge on any atom is 0.148 e. The molecule has 1 aromatic rings. The van der Waals surface area contributed by atoms with Gasteiger partial charge in [0.1, 0.15) is 17.5 Å². The molecule has 0 amide bonds. The fraction of sp³-hybridized carbons (Fsp3) is 0.714. The van der Waals surface area contributed by atoms with Crippen LogP contribution in [0.25, 0.3) is 0 Å². The van der Waals surface area contributed by atoms with E-state index in [-0.39, 0.29) is 5.41 Å². The molecule has 0 aliphatic heterocycles. The van der Waals surface area contributed by atoms with E-state index in [0.717, 1.165) is 30.2 Å². The lowest BCUT2D eigenvalue weighted by Gasteiger charge is -2.21. The van der Waals surface area contributed by atoms with Crippen molar-refractivity contribution in [3.05, 3.63) is 11.4 Å². The molecule has 19 heavy (non-hydrogen) atoms. The van der Waals surface area contributed by atoms with Gasteiger partial charge in [-0.15, -0.1) is 0 Å². The van der Waals surface area contributed by atoms with Crippen LogP contribution in [-0.2, 0) is 5.41 Å². The van der Waals surface area contributed by atoms with Gasteiger partial charge in [-0.3, -0.25) is 0 Å². The third kappa shape index (κ3) is 4.06. The molecular formula is C14H27N5. The van der Waals surface area contributed by atoms with E-state index < -0.39 is 0 Å². The summed E-state index contributed by atoms with van der Waals surface area (Å²) in [5.74, 6) is 8.50. The molecular weight excluding hydrogens is 238 g/mol. The summed E-state index contributed by atoms with van der Waals surface area (Å²) in [6.07, 6.45) is 1.14. The van der Waals surface area contributed by atoms with Crippen LogP contribution < -0.4 is 16.6 Å². The highest BCUT2D eigenvalue weighted by atomic mass is 15.3. The maximum absolute atomic E-state index is 5.55. The van der Waals surface area contributed by atoms with E-state index in [0.29, 0.717) is 11.7 Å². The van der Waals surface area contributed by atoms with E-state index >= 15 is 0 Å². The molecule has 108 valence electrons. The Bertz CT molecular complexity index is 423. The highest BCUT2D eigenvalue weighted by Crippen LogP contribution is 2.25. The zero-order chi connectivity index (χ0) is 14.6. The number of nitrogens with one attached hydrogen (secondary N) is 2. The van der Waals surface area contributed by atoms with E-state index in [4.69, 9.17) is 5.84 Å². The molecule has 0 fully saturated rings. The lowest BCUT2D eigenvalue weighted by Crippen LogP contribution is -2.22. The second-order valence-electron chi connectivity index (χ2n) is 6.16. The molecule has 0 aromatic carbocycles. The first kappa shape index (κ1) is 15.7. The van der Waals surface area contributed by atoms with Crippen LogP contribution in [0, 0.1) is 12.8 Å². The van der Waals surface area contributed by atoms with Crippen LogP contribution in [0.3, 0.4) is 0 Å². The molecule has 0 bridgehead atoms. The number of aromatic nitrogens is 2. The van der Waals surface area contributed by atoms with Gasteiger partial charge in [-0.25, -0.2) is 15.8 Å². The second kappa shape index (κ2) is 6.19. The molecule has 0 aliphatic rings. The van der Waals surface area contributed by atoms with E-state index in [9.17, 15) is 0 Å². The van der Waals surface area contributed by atoms with Crippen molar-refractivity contribution in [1.82, 2.24) is 9.97 Å². The molecule has 1 atom stereocenters. The van der Waals surface area contributed by atoms with Crippen molar-refractivity contribution >= 4 is 11.6 Å². The molecule has 1 heterocycles. The summed E-state index contributed by atoms with van der Waals surface area (Å²) in [6.45, 7) is 13.6. The number of hydrazine groups is 1. The van der Waals surface area contributed by atoms with Crippen LogP contribution in [0.1, 0.15) is 52.4 Å². The Morgan fingerprint density at radius 1 is 1.21 bits per heavy atom. The van der Waals surface area contributed by atoms with E-state index in [1.54, 1.807) is 0 Å². The topological polar surface area (TPSA) is 75.9 Å². The molecule has 1 aromatic heterocycles. The van der Waals surface area contributed by atoms with Crippen LogP contribution in [0.2, 0.25) is 0 Å². The number of anilines is 2. The van der Waals surface area contributed by atoms with Crippen LogP contribution in [0.5, 0.6) is 0 Å². The summed E-state index contributed by atoms with van der Waals surface area (Å²) in [6, 6.07) is 0. The molecule has 4 N–H and O–H groups in total. The monoisotopic (exact) mass is 265 g/mol. The molecule has 1 rings (SSSR count). The molecule has 0 radical (unpaired) electrons. The number of nitrogens with zero attached hydrogens (tertiary/aromatic N) is 2. The van der Waals surface area contributed by atoms with Crippen molar-refractivity contribution in [3.8, 4) is 0 Å². The Hall–Kier alpha value is -1.36. The van der Waals surface area contributed by atoms with Crippen molar-refractivity contribution in [1.29, 1.82) is 0 Å². The Balaban J connectivity index is 3.08. The number of nitrogen functional groups attached to an aromatic ring is 1. The van der Waals surface area contributed by atoms with Crippen molar-refractivity contribution in [3.63, 3.8) is 0 Å². The van der Waals surface area contributed by atoms with Crippen molar-refractivity contribution < 1.29 is 0 Å². The predicted molar refractivity (Wildman–Crippen MR) is 81.2 cm³/mol. The molecule has 0 saturated carbocycles. The van der Waals surface area contributed by atoms with Gasteiger partial charge in [-0.1, -0.05) is 41.0 Å². The summed E-state index contributed by atoms with van der Waals surface area (Å²) in [7, 11) is 0. The fourth-order valence-electron chi connectivity index (χ4n) is 1.58. The van der Waals surface area contributed by atoms with E-state index in [1.165, 1.54) is 0 Å². The first-order valence-electron chi connectivity index (χ1n) is 6.89. The van der Waals surface area contributed by atoms with Gasteiger partial charge in [-0.2, -0.15) is 0 Å². The molecule has 0 spiro atoms. The molecule has 0 saturated heterocycles. The number of rotatable bonds is 5. The predicted octanol–water partition coefficient (Wildman–Crippen LogP) is 2.83. The van der Waals surface area contributed by atoms with Crippen LogP contribution in [0.15, 0.2) is 0 Å². The van der Waals surface area contributed by atoms with Crippen molar-refractivity contribution in [2.75, 3.05) is 17.3 Å². The minimum atomic E-state index is -0.105. The van der Waals surface area contributed by atoms with Gasteiger partial charge in [-0.05, 0) is 12.8 Å². The van der Waals surface area contributed by atoms with Gasteiger partial charge in [0, 0.05) is 17.5 Å². The minimum Gasteiger partial charge on any atom is -0.369 e. The maximum atomic E-state index is 5.55. The zero-order valence-corrected chi connectivity index (χ0v) is 13.0. The standard InChI is InChI=1S/C14H27N5/c1-7-9(2)8-16-11-10(3)12(19-15)18-13(17-11)14(4,5)6/h9H,7-8,15H2,1-6H3,(H2,16,17,18,19). The van der Waals surface area contributed by atoms with Gasteiger partial charge < -0.3 is 10.7 Å². The summed E-state index contributed by atoms with van der Waals surface area (Å²) >= 11 is 0. The Morgan fingerprint density at radius 2 is 1.79 bits per heavy atom. The Labute approximate surface area is 116 Å². The largest absolute Gasteiger partial charge is 0.369 e. The number of hydrogen-bond donors (Lipinski definition) is 3. The van der Waals surface area contributed by atoms with Crippen molar-refractivity contribution in [2.24, 2.45) is 11.8 Å². The summed E-state index contributed by atoms with van der Waals surface area (Å²) < 4.78 is 0. The third-order valence-electron chi connectivity index (χ3n) is 3.27. The van der Waals surface area contributed by atoms with Gasteiger partial charge in [0.15, 0.2) is 0 Å². The van der Waals surface area contributed by atoms with E-state index in [2.05, 4.69) is 55.3 Å². The normalized spacial score (nSPS) is 13.2. The van der Waals surface area contributed by atoms with Crippen LogP contribution in [0.4, 0.5) is 11.6 Å². The average Bonchev–Trinajstić information content (AvgIpc) is 2.35.